The van der Waals surface area contributed by atoms with E-state index in [9.17, 15) is 19.7 Å². The van der Waals surface area contributed by atoms with Gasteiger partial charge in [-0.15, -0.1) is 10.2 Å². The van der Waals surface area contributed by atoms with Crippen molar-refractivity contribution < 1.29 is 14.5 Å². The first kappa shape index (κ1) is 22.9. The number of rotatable bonds is 8. The lowest BCUT2D eigenvalue weighted by molar-refractivity contribution is -0.383. The summed E-state index contributed by atoms with van der Waals surface area (Å²) in [5.41, 5.74) is 1.57. The third-order valence-electron chi connectivity index (χ3n) is 4.62. The highest BCUT2D eigenvalue weighted by Gasteiger charge is 2.20. The molecule has 32 heavy (non-hydrogen) atoms. The van der Waals surface area contributed by atoms with E-state index in [4.69, 9.17) is 0 Å². The topological polar surface area (TPSA) is 132 Å². The number of hydrogen-bond acceptors (Lipinski definition) is 7. The fourth-order valence-corrected chi connectivity index (χ4v) is 3.65. The van der Waals surface area contributed by atoms with E-state index < -0.39 is 16.9 Å². The van der Waals surface area contributed by atoms with Gasteiger partial charge in [0.25, 0.3) is 11.6 Å². The maximum absolute atomic E-state index is 12.4. The molecular weight excluding hydrogens is 432 g/mol. The Kier molecular flexibility index (Phi) is 7.21. The van der Waals surface area contributed by atoms with Gasteiger partial charge in [-0.1, -0.05) is 41.6 Å². The number of aromatic nitrogens is 3. The number of aryl methyl sites for hydroxylation is 1. The fourth-order valence-electron chi connectivity index (χ4n) is 2.93. The molecule has 0 unspecified atom stereocenters. The van der Waals surface area contributed by atoms with Gasteiger partial charge in [-0.05, 0) is 32.0 Å². The molecular formula is C21H22N6O4S. The maximum atomic E-state index is 12.4. The van der Waals surface area contributed by atoms with Crippen LogP contribution >= 0.6 is 11.8 Å². The zero-order chi connectivity index (χ0) is 23.3. The summed E-state index contributed by atoms with van der Waals surface area (Å²) < 4.78 is 1.70. The molecule has 2 N–H and O–H groups in total. The number of carbonyl (C=O) groups is 2. The molecule has 11 heteroatoms. The lowest BCUT2D eigenvalue weighted by Crippen LogP contribution is -2.28. The number of carbonyl (C=O) groups excluding carboxylic acids is 2. The molecule has 10 nitrogen and oxygen atoms in total. The van der Waals surface area contributed by atoms with Crippen molar-refractivity contribution in [2.75, 3.05) is 11.1 Å². The third kappa shape index (κ3) is 5.49. The molecule has 0 spiro atoms. The molecule has 2 aromatic carbocycles. The first-order valence-electron chi connectivity index (χ1n) is 9.69. The Hall–Kier alpha value is -3.73. The van der Waals surface area contributed by atoms with Crippen LogP contribution in [0.3, 0.4) is 0 Å². The number of para-hydroxylation sites is 2. The Morgan fingerprint density at radius 3 is 2.53 bits per heavy atom. The van der Waals surface area contributed by atoms with E-state index in [0.29, 0.717) is 16.5 Å². The van der Waals surface area contributed by atoms with Gasteiger partial charge in [0.2, 0.25) is 5.91 Å². The van der Waals surface area contributed by atoms with Gasteiger partial charge in [-0.3, -0.25) is 19.7 Å². The van der Waals surface area contributed by atoms with Crippen LogP contribution < -0.4 is 10.6 Å². The number of hydrogen-bond donors (Lipinski definition) is 2. The normalized spacial score (nSPS) is 11.6. The number of amides is 2. The van der Waals surface area contributed by atoms with Crippen LogP contribution in [-0.4, -0.2) is 37.3 Å². The van der Waals surface area contributed by atoms with E-state index in [1.54, 1.807) is 36.7 Å². The number of nitrogens with one attached hydrogen (secondary N) is 2. The first-order valence-corrected chi connectivity index (χ1v) is 10.7. The van der Waals surface area contributed by atoms with Crippen molar-refractivity contribution in [3.8, 4) is 0 Å². The predicted molar refractivity (Wildman–Crippen MR) is 121 cm³/mol. The van der Waals surface area contributed by atoms with Crippen molar-refractivity contribution >= 4 is 35.0 Å². The van der Waals surface area contributed by atoms with Crippen LogP contribution in [0.25, 0.3) is 0 Å². The quantitative estimate of drug-likeness (QED) is 0.303. The molecule has 0 aliphatic carbocycles. The number of thioether (sulfide) groups is 1. The predicted octanol–water partition coefficient (Wildman–Crippen LogP) is 3.25. The van der Waals surface area contributed by atoms with Crippen LogP contribution in [0.4, 0.5) is 11.4 Å². The lowest BCUT2D eigenvalue weighted by Gasteiger charge is -2.13. The highest BCUT2D eigenvalue weighted by atomic mass is 32.2. The standard InChI is InChI=1S/C21H22N6O4S/c1-13-8-10-15(11-9-13)20(29)22-14(2)19-24-25-21(26(19)3)32-12-18(28)23-16-6-4-5-7-17(16)27(30)31/h4-11,14H,12H2,1-3H3,(H,22,29)(H,23,28)/t14-/m1/s1. The molecule has 0 fully saturated rings. The summed E-state index contributed by atoms with van der Waals surface area (Å²) in [7, 11) is 1.74. The summed E-state index contributed by atoms with van der Waals surface area (Å²) in [5.74, 6) is -0.109. The number of anilines is 1. The average molecular weight is 455 g/mol. The second-order valence-corrected chi connectivity index (χ2v) is 8.01. The van der Waals surface area contributed by atoms with Crippen LogP contribution in [0.1, 0.15) is 34.7 Å². The molecule has 0 aliphatic rings. The van der Waals surface area contributed by atoms with E-state index in [-0.39, 0.29) is 23.0 Å². The smallest absolute Gasteiger partial charge is 0.292 e. The summed E-state index contributed by atoms with van der Waals surface area (Å²) in [6, 6.07) is 12.8. The highest BCUT2D eigenvalue weighted by Crippen LogP contribution is 2.24. The molecule has 0 radical (unpaired) electrons. The second-order valence-electron chi connectivity index (χ2n) is 7.07. The zero-order valence-electron chi connectivity index (χ0n) is 17.7. The van der Waals surface area contributed by atoms with Gasteiger partial charge in [0, 0.05) is 18.7 Å². The number of nitrogens with zero attached hydrogens (tertiary/aromatic N) is 4. The van der Waals surface area contributed by atoms with E-state index >= 15 is 0 Å². The third-order valence-corrected chi connectivity index (χ3v) is 5.64. The first-order chi connectivity index (χ1) is 15.3. The van der Waals surface area contributed by atoms with Gasteiger partial charge < -0.3 is 15.2 Å². The SMILES string of the molecule is Cc1ccc(C(=O)N[C@H](C)c2nnc(SCC(=O)Nc3ccccc3[N+](=O)[O-])n2C)cc1. The molecule has 0 bridgehead atoms. The average Bonchev–Trinajstić information content (AvgIpc) is 3.13. The number of benzene rings is 2. The second kappa shape index (κ2) is 10.1. The van der Waals surface area contributed by atoms with Gasteiger partial charge in [0.1, 0.15) is 5.69 Å². The molecule has 1 aromatic heterocycles. The van der Waals surface area contributed by atoms with Crippen molar-refractivity contribution in [2.45, 2.75) is 25.0 Å². The summed E-state index contributed by atoms with van der Waals surface area (Å²) in [5, 5.41) is 25.2. The Labute approximate surface area is 188 Å². The number of nitro benzene ring substituents is 1. The van der Waals surface area contributed by atoms with Crippen molar-refractivity contribution in [1.82, 2.24) is 20.1 Å². The van der Waals surface area contributed by atoms with Gasteiger partial charge in [0.15, 0.2) is 11.0 Å². The van der Waals surface area contributed by atoms with Crippen LogP contribution in [0.2, 0.25) is 0 Å². The Morgan fingerprint density at radius 2 is 1.84 bits per heavy atom. The molecule has 0 saturated carbocycles. The van der Waals surface area contributed by atoms with Gasteiger partial charge in [0.05, 0.1) is 16.7 Å². The molecule has 0 saturated heterocycles. The van der Waals surface area contributed by atoms with E-state index in [0.717, 1.165) is 17.3 Å². The Bertz CT molecular complexity index is 1150. The maximum Gasteiger partial charge on any atom is 0.292 e. The lowest BCUT2D eigenvalue weighted by atomic mass is 10.1. The van der Waals surface area contributed by atoms with Crippen LogP contribution in [0.5, 0.6) is 0 Å². The van der Waals surface area contributed by atoms with Crippen LogP contribution in [0.15, 0.2) is 53.7 Å². The molecule has 0 aliphatic heterocycles. The van der Waals surface area contributed by atoms with Gasteiger partial charge >= 0.3 is 0 Å². The molecule has 1 heterocycles. The van der Waals surface area contributed by atoms with E-state index in [1.807, 2.05) is 19.1 Å². The summed E-state index contributed by atoms with van der Waals surface area (Å²) in [6.07, 6.45) is 0. The van der Waals surface area contributed by atoms with Crippen LogP contribution in [0, 0.1) is 17.0 Å². The van der Waals surface area contributed by atoms with Crippen molar-refractivity contribution in [3.05, 3.63) is 75.6 Å². The molecule has 3 aromatic rings. The van der Waals surface area contributed by atoms with Crippen molar-refractivity contribution in [2.24, 2.45) is 7.05 Å². The largest absolute Gasteiger partial charge is 0.342 e. The summed E-state index contributed by atoms with van der Waals surface area (Å²) >= 11 is 1.14. The Balaban J connectivity index is 1.59. The zero-order valence-corrected chi connectivity index (χ0v) is 18.5. The van der Waals surface area contributed by atoms with E-state index in [1.165, 1.54) is 18.2 Å². The summed E-state index contributed by atoms with van der Waals surface area (Å²) in [4.78, 5) is 35.2. The minimum atomic E-state index is -0.552. The molecule has 166 valence electrons. The Morgan fingerprint density at radius 1 is 1.16 bits per heavy atom. The van der Waals surface area contributed by atoms with Crippen molar-refractivity contribution in [3.63, 3.8) is 0 Å². The fraction of sp³-hybridized carbons (Fsp3) is 0.238. The van der Waals surface area contributed by atoms with Gasteiger partial charge in [-0.25, -0.2) is 0 Å². The van der Waals surface area contributed by atoms with Crippen molar-refractivity contribution in [1.29, 1.82) is 0 Å². The highest BCUT2D eigenvalue weighted by molar-refractivity contribution is 7.99. The molecule has 2 amide bonds. The minimum Gasteiger partial charge on any atom is -0.342 e. The van der Waals surface area contributed by atoms with E-state index in [2.05, 4.69) is 20.8 Å². The molecule has 3 rings (SSSR count). The summed E-state index contributed by atoms with van der Waals surface area (Å²) in [6.45, 7) is 3.75. The minimum absolute atomic E-state index is 0.0118. The van der Waals surface area contributed by atoms with Gasteiger partial charge in [-0.2, -0.15) is 0 Å². The van der Waals surface area contributed by atoms with Crippen LogP contribution in [-0.2, 0) is 11.8 Å². The molecule has 1 atom stereocenters. The number of nitro groups is 1. The monoisotopic (exact) mass is 454 g/mol.